The topological polar surface area (TPSA) is 55.2 Å². The van der Waals surface area contributed by atoms with Crippen molar-refractivity contribution in [2.45, 2.75) is 26.3 Å². The third kappa shape index (κ3) is 3.82. The Balaban J connectivity index is 1.97. The summed E-state index contributed by atoms with van der Waals surface area (Å²) < 4.78 is 0. The van der Waals surface area contributed by atoms with E-state index in [1.165, 1.54) is 11.6 Å². The molecule has 1 N–H and O–H groups in total. The van der Waals surface area contributed by atoms with Gasteiger partial charge >= 0.3 is 0 Å². The van der Waals surface area contributed by atoms with Crippen molar-refractivity contribution in [3.63, 3.8) is 0 Å². The van der Waals surface area contributed by atoms with Gasteiger partial charge in [0.2, 0.25) is 0 Å². The lowest BCUT2D eigenvalue weighted by atomic mass is 10.1. The van der Waals surface area contributed by atoms with Crippen LogP contribution in [0.1, 0.15) is 24.5 Å². The molecule has 4 heteroatoms. The minimum atomic E-state index is -0.372. The third-order valence-electron chi connectivity index (χ3n) is 3.11. The van der Waals surface area contributed by atoms with E-state index in [0.717, 1.165) is 24.1 Å². The summed E-state index contributed by atoms with van der Waals surface area (Å²) in [5.41, 5.74) is 3.38. The number of hydrogen-bond donors (Lipinski definition) is 1. The normalized spacial score (nSPS) is 10.2. The molecule has 0 saturated heterocycles. The molecule has 0 atom stereocenters. The fourth-order valence-electron chi connectivity index (χ4n) is 2.06. The molecule has 0 aliphatic heterocycles. The van der Waals surface area contributed by atoms with Crippen molar-refractivity contribution in [2.24, 2.45) is 0 Å². The Bertz CT molecular complexity index is 579. The van der Waals surface area contributed by atoms with Gasteiger partial charge in [0.15, 0.2) is 0 Å². The Kier molecular flexibility index (Phi) is 4.71. The van der Waals surface area contributed by atoms with E-state index in [0.29, 0.717) is 6.54 Å². The molecule has 0 amide bonds. The van der Waals surface area contributed by atoms with Gasteiger partial charge in [-0.05, 0) is 29.7 Å². The average Bonchev–Trinajstić information content (AvgIpc) is 2.47. The van der Waals surface area contributed by atoms with E-state index >= 15 is 0 Å². The zero-order valence-corrected chi connectivity index (χ0v) is 11.5. The second kappa shape index (κ2) is 6.70. The number of benzene rings is 2. The van der Waals surface area contributed by atoms with Crippen LogP contribution in [0.5, 0.6) is 0 Å². The fourth-order valence-corrected chi connectivity index (χ4v) is 2.06. The molecule has 0 aliphatic rings. The molecule has 2 rings (SSSR count). The van der Waals surface area contributed by atoms with E-state index in [4.69, 9.17) is 0 Å². The highest BCUT2D eigenvalue weighted by Gasteiger charge is 2.05. The molecule has 20 heavy (non-hydrogen) atoms. The lowest BCUT2D eigenvalue weighted by Crippen LogP contribution is -2.00. The minimum absolute atomic E-state index is 0.127. The summed E-state index contributed by atoms with van der Waals surface area (Å²) in [6.07, 6.45) is 2.23. The number of anilines is 1. The van der Waals surface area contributed by atoms with Gasteiger partial charge in [0.25, 0.3) is 5.69 Å². The Morgan fingerprint density at radius 1 is 1.10 bits per heavy atom. The highest BCUT2D eigenvalue weighted by molar-refractivity contribution is 5.46. The van der Waals surface area contributed by atoms with Gasteiger partial charge in [-0.2, -0.15) is 0 Å². The largest absolute Gasteiger partial charge is 0.381 e. The van der Waals surface area contributed by atoms with Gasteiger partial charge in [-0.1, -0.05) is 37.6 Å². The molecule has 0 aromatic heterocycles. The van der Waals surface area contributed by atoms with Crippen LogP contribution in [0.25, 0.3) is 0 Å². The first-order chi connectivity index (χ1) is 9.69. The number of rotatable bonds is 6. The molecule has 2 aromatic rings. The predicted molar refractivity (Wildman–Crippen MR) is 80.9 cm³/mol. The minimum Gasteiger partial charge on any atom is -0.381 e. The number of non-ortho nitro benzene ring substituents is 1. The van der Waals surface area contributed by atoms with Gasteiger partial charge in [-0.15, -0.1) is 0 Å². The maximum absolute atomic E-state index is 10.7. The molecule has 0 unspecified atom stereocenters. The van der Waals surface area contributed by atoms with E-state index in [1.807, 2.05) is 18.2 Å². The van der Waals surface area contributed by atoms with Crippen molar-refractivity contribution in [3.05, 3.63) is 69.8 Å². The maximum atomic E-state index is 10.7. The molecule has 2 aromatic carbocycles. The van der Waals surface area contributed by atoms with Crippen LogP contribution in [0, 0.1) is 10.1 Å². The van der Waals surface area contributed by atoms with Crippen LogP contribution in [0.2, 0.25) is 0 Å². The maximum Gasteiger partial charge on any atom is 0.269 e. The van der Waals surface area contributed by atoms with Crippen LogP contribution < -0.4 is 5.32 Å². The quantitative estimate of drug-likeness (QED) is 0.633. The summed E-state index contributed by atoms with van der Waals surface area (Å²) in [5.74, 6) is 0. The van der Waals surface area contributed by atoms with Gasteiger partial charge < -0.3 is 5.32 Å². The fraction of sp³-hybridized carbons (Fsp3) is 0.250. The first-order valence-electron chi connectivity index (χ1n) is 6.75. The van der Waals surface area contributed by atoms with Crippen molar-refractivity contribution >= 4 is 11.4 Å². The van der Waals surface area contributed by atoms with Gasteiger partial charge in [0.05, 0.1) is 4.92 Å². The highest BCUT2D eigenvalue weighted by Crippen LogP contribution is 2.16. The van der Waals surface area contributed by atoms with Gasteiger partial charge in [0, 0.05) is 24.4 Å². The summed E-state index contributed by atoms with van der Waals surface area (Å²) in [6, 6.07) is 15.0. The second-order valence-corrected chi connectivity index (χ2v) is 4.73. The van der Waals surface area contributed by atoms with E-state index < -0.39 is 0 Å². The van der Waals surface area contributed by atoms with Crippen LogP contribution in [-0.4, -0.2) is 4.92 Å². The smallest absolute Gasteiger partial charge is 0.269 e. The van der Waals surface area contributed by atoms with Crippen LogP contribution in [0.4, 0.5) is 11.4 Å². The van der Waals surface area contributed by atoms with E-state index in [-0.39, 0.29) is 10.6 Å². The molecular formula is C16H18N2O2. The molecule has 0 spiro atoms. The zero-order chi connectivity index (χ0) is 14.4. The first kappa shape index (κ1) is 14.1. The lowest BCUT2D eigenvalue weighted by molar-refractivity contribution is -0.384. The molecular weight excluding hydrogens is 252 g/mol. The SMILES string of the molecule is CCCc1ccc(NCc2cccc([N+](=O)[O-])c2)cc1. The molecule has 0 fully saturated rings. The van der Waals surface area contributed by atoms with Crippen molar-refractivity contribution < 1.29 is 4.92 Å². The summed E-state index contributed by atoms with van der Waals surface area (Å²) in [7, 11) is 0. The molecule has 0 heterocycles. The van der Waals surface area contributed by atoms with Crippen molar-refractivity contribution in [2.75, 3.05) is 5.32 Å². The Hall–Kier alpha value is -2.36. The number of nitrogens with zero attached hydrogens (tertiary/aromatic N) is 1. The summed E-state index contributed by atoms with van der Waals surface area (Å²) >= 11 is 0. The van der Waals surface area contributed by atoms with E-state index in [1.54, 1.807) is 12.1 Å². The van der Waals surface area contributed by atoms with Crippen LogP contribution in [0.15, 0.2) is 48.5 Å². The van der Waals surface area contributed by atoms with Crippen LogP contribution in [0.3, 0.4) is 0 Å². The molecule has 0 bridgehead atoms. The van der Waals surface area contributed by atoms with Crippen molar-refractivity contribution in [1.82, 2.24) is 0 Å². The summed E-state index contributed by atoms with van der Waals surface area (Å²) in [4.78, 5) is 10.3. The van der Waals surface area contributed by atoms with E-state index in [9.17, 15) is 10.1 Å². The Labute approximate surface area is 118 Å². The van der Waals surface area contributed by atoms with Crippen LogP contribution >= 0.6 is 0 Å². The standard InChI is InChI=1S/C16H18N2O2/c1-2-4-13-7-9-15(10-8-13)17-12-14-5-3-6-16(11-14)18(19)20/h3,5-11,17H,2,4,12H2,1H3. The average molecular weight is 270 g/mol. The molecule has 0 radical (unpaired) electrons. The first-order valence-corrected chi connectivity index (χ1v) is 6.75. The van der Waals surface area contributed by atoms with Crippen molar-refractivity contribution in [1.29, 1.82) is 0 Å². The van der Waals surface area contributed by atoms with Gasteiger partial charge in [-0.3, -0.25) is 10.1 Å². The Morgan fingerprint density at radius 2 is 1.85 bits per heavy atom. The second-order valence-electron chi connectivity index (χ2n) is 4.73. The van der Waals surface area contributed by atoms with E-state index in [2.05, 4.69) is 24.4 Å². The molecule has 104 valence electrons. The number of nitro groups is 1. The number of hydrogen-bond acceptors (Lipinski definition) is 3. The van der Waals surface area contributed by atoms with Crippen molar-refractivity contribution in [3.8, 4) is 0 Å². The summed E-state index contributed by atoms with van der Waals surface area (Å²) in [5, 5.41) is 14.0. The highest BCUT2D eigenvalue weighted by atomic mass is 16.6. The third-order valence-corrected chi connectivity index (χ3v) is 3.11. The Morgan fingerprint density at radius 3 is 2.50 bits per heavy atom. The summed E-state index contributed by atoms with van der Waals surface area (Å²) in [6.45, 7) is 2.74. The number of nitro benzene ring substituents is 1. The number of nitrogens with one attached hydrogen (secondary N) is 1. The predicted octanol–water partition coefficient (Wildman–Crippen LogP) is 4.16. The van der Waals surface area contributed by atoms with Gasteiger partial charge in [0.1, 0.15) is 0 Å². The zero-order valence-electron chi connectivity index (χ0n) is 11.5. The van der Waals surface area contributed by atoms with Crippen LogP contribution in [-0.2, 0) is 13.0 Å². The molecule has 0 saturated carbocycles. The molecule has 4 nitrogen and oxygen atoms in total. The monoisotopic (exact) mass is 270 g/mol. The number of aryl methyl sites for hydroxylation is 1. The molecule has 0 aliphatic carbocycles. The van der Waals surface area contributed by atoms with Gasteiger partial charge in [-0.25, -0.2) is 0 Å². The lowest BCUT2D eigenvalue weighted by Gasteiger charge is -2.07.